The van der Waals surface area contributed by atoms with E-state index < -0.39 is 17.7 Å². The number of nitriles is 1. The molecule has 0 unspecified atom stereocenters. The summed E-state index contributed by atoms with van der Waals surface area (Å²) in [5.74, 6) is -0.600. The third kappa shape index (κ3) is 5.28. The number of carbonyl (C=O) groups is 1. The first-order valence-corrected chi connectivity index (χ1v) is 9.01. The van der Waals surface area contributed by atoms with Crippen LogP contribution in [-0.2, 0) is 6.18 Å². The fourth-order valence-electron chi connectivity index (χ4n) is 2.63. The fraction of sp³-hybridized carbons (Fsp3) is 0.0435. The molecule has 0 aromatic heterocycles. The molecule has 150 valence electrons. The number of alkyl halides is 3. The van der Waals surface area contributed by atoms with Crippen LogP contribution < -0.4 is 4.74 Å². The number of nitrogens with zero attached hydrogens (tertiary/aromatic N) is 1. The largest absolute Gasteiger partial charge is 0.423 e. The monoisotopic (exact) mass is 427 g/mol. The van der Waals surface area contributed by atoms with Gasteiger partial charge in [-0.2, -0.15) is 18.4 Å². The highest BCUT2D eigenvalue weighted by molar-refractivity contribution is 6.30. The molecular formula is C23H13ClF3NO2. The maximum absolute atomic E-state index is 12.6. The predicted molar refractivity (Wildman–Crippen MR) is 108 cm³/mol. The highest BCUT2D eigenvalue weighted by atomic mass is 35.5. The first-order chi connectivity index (χ1) is 14.3. The Balaban J connectivity index is 1.80. The van der Waals surface area contributed by atoms with Crippen molar-refractivity contribution in [3.05, 3.63) is 100 Å². The number of hydrogen-bond donors (Lipinski definition) is 0. The normalized spacial score (nSPS) is 11.6. The SMILES string of the molecule is N#C/C(=C/c1cccc(OC(=O)c2ccc(C(F)(F)F)cc2)c1)c1cccc(Cl)c1. The fourth-order valence-corrected chi connectivity index (χ4v) is 2.82. The maximum atomic E-state index is 12.6. The first kappa shape index (κ1) is 21.2. The van der Waals surface area contributed by atoms with E-state index in [1.807, 2.05) is 0 Å². The average Bonchev–Trinajstić information content (AvgIpc) is 2.71. The highest BCUT2D eigenvalue weighted by Gasteiger charge is 2.30. The summed E-state index contributed by atoms with van der Waals surface area (Å²) in [6.07, 6.45) is -2.87. The average molecular weight is 428 g/mol. The molecule has 0 fully saturated rings. The molecule has 0 amide bonds. The van der Waals surface area contributed by atoms with Crippen molar-refractivity contribution in [2.24, 2.45) is 0 Å². The van der Waals surface area contributed by atoms with Crippen LogP contribution in [0.25, 0.3) is 11.6 Å². The van der Waals surface area contributed by atoms with Crippen molar-refractivity contribution in [2.75, 3.05) is 0 Å². The number of halogens is 4. The van der Waals surface area contributed by atoms with E-state index in [0.717, 1.165) is 24.3 Å². The second-order valence-electron chi connectivity index (χ2n) is 6.22. The predicted octanol–water partition coefficient (Wildman–Crippen LogP) is 6.64. The number of ether oxygens (including phenoxy) is 1. The Kier molecular flexibility index (Phi) is 6.24. The molecule has 0 aliphatic carbocycles. The van der Waals surface area contributed by atoms with Crippen LogP contribution in [0.4, 0.5) is 13.2 Å². The van der Waals surface area contributed by atoms with Gasteiger partial charge in [0.25, 0.3) is 0 Å². The summed E-state index contributed by atoms with van der Waals surface area (Å²) in [7, 11) is 0. The molecule has 0 heterocycles. The maximum Gasteiger partial charge on any atom is 0.416 e. The van der Waals surface area contributed by atoms with E-state index in [1.165, 1.54) is 6.07 Å². The van der Waals surface area contributed by atoms with Crippen LogP contribution in [0.15, 0.2) is 72.8 Å². The number of carbonyl (C=O) groups excluding carboxylic acids is 1. The molecule has 3 aromatic carbocycles. The van der Waals surface area contributed by atoms with Crippen LogP contribution in [0.3, 0.4) is 0 Å². The Morgan fingerprint density at radius 3 is 2.30 bits per heavy atom. The molecule has 0 radical (unpaired) electrons. The quantitative estimate of drug-likeness (QED) is 0.203. The zero-order valence-electron chi connectivity index (χ0n) is 15.3. The van der Waals surface area contributed by atoms with Crippen molar-refractivity contribution in [1.29, 1.82) is 5.26 Å². The Morgan fingerprint density at radius 1 is 0.967 bits per heavy atom. The number of esters is 1. The summed E-state index contributed by atoms with van der Waals surface area (Å²) in [4.78, 5) is 12.2. The molecule has 30 heavy (non-hydrogen) atoms. The van der Waals surface area contributed by atoms with Crippen molar-refractivity contribution in [3.8, 4) is 11.8 Å². The van der Waals surface area contributed by atoms with E-state index in [2.05, 4.69) is 6.07 Å². The van der Waals surface area contributed by atoms with Crippen molar-refractivity contribution < 1.29 is 22.7 Å². The molecular weight excluding hydrogens is 415 g/mol. The standard InChI is InChI=1S/C23H13ClF3NO2/c24-20-5-2-4-17(13-20)18(14-28)11-15-3-1-6-21(12-15)30-22(29)16-7-9-19(10-8-16)23(25,26)27/h1-13H/b18-11-. The molecule has 0 saturated carbocycles. The Labute approximate surface area is 175 Å². The lowest BCUT2D eigenvalue weighted by atomic mass is 10.0. The molecule has 0 N–H and O–H groups in total. The lowest BCUT2D eigenvalue weighted by molar-refractivity contribution is -0.137. The minimum absolute atomic E-state index is 0.0133. The van der Waals surface area contributed by atoms with E-state index in [4.69, 9.17) is 16.3 Å². The second kappa shape index (κ2) is 8.85. The lowest BCUT2D eigenvalue weighted by Gasteiger charge is -2.08. The van der Waals surface area contributed by atoms with Crippen LogP contribution in [0, 0.1) is 11.3 Å². The first-order valence-electron chi connectivity index (χ1n) is 8.63. The van der Waals surface area contributed by atoms with Gasteiger partial charge in [-0.15, -0.1) is 0 Å². The topological polar surface area (TPSA) is 50.1 Å². The van der Waals surface area contributed by atoms with Gasteiger partial charge in [-0.25, -0.2) is 4.79 Å². The highest BCUT2D eigenvalue weighted by Crippen LogP contribution is 2.29. The van der Waals surface area contributed by atoms with Gasteiger partial charge in [-0.3, -0.25) is 0 Å². The molecule has 0 aliphatic rings. The van der Waals surface area contributed by atoms with E-state index in [0.29, 0.717) is 21.7 Å². The van der Waals surface area contributed by atoms with Crippen molar-refractivity contribution >= 4 is 29.2 Å². The minimum atomic E-state index is -4.48. The lowest BCUT2D eigenvalue weighted by Crippen LogP contribution is -2.10. The summed E-state index contributed by atoms with van der Waals surface area (Å²) >= 11 is 5.97. The molecule has 3 rings (SSSR count). The zero-order chi connectivity index (χ0) is 21.7. The third-order valence-electron chi connectivity index (χ3n) is 4.08. The van der Waals surface area contributed by atoms with Crippen molar-refractivity contribution in [2.45, 2.75) is 6.18 Å². The van der Waals surface area contributed by atoms with Gasteiger partial charge in [0.15, 0.2) is 0 Å². The zero-order valence-corrected chi connectivity index (χ0v) is 16.0. The smallest absolute Gasteiger partial charge is 0.416 e. The Morgan fingerprint density at radius 2 is 1.67 bits per heavy atom. The van der Waals surface area contributed by atoms with Gasteiger partial charge in [0.2, 0.25) is 0 Å². The van der Waals surface area contributed by atoms with Gasteiger partial charge >= 0.3 is 12.1 Å². The van der Waals surface area contributed by atoms with Gasteiger partial charge in [0.05, 0.1) is 22.8 Å². The van der Waals surface area contributed by atoms with Gasteiger partial charge in [0, 0.05) is 5.02 Å². The molecule has 0 atom stereocenters. The molecule has 3 aromatic rings. The van der Waals surface area contributed by atoms with Gasteiger partial charge < -0.3 is 4.74 Å². The van der Waals surface area contributed by atoms with Crippen molar-refractivity contribution in [3.63, 3.8) is 0 Å². The summed E-state index contributed by atoms with van der Waals surface area (Å²) in [5.41, 5.74) is 0.738. The van der Waals surface area contributed by atoms with E-state index >= 15 is 0 Å². The van der Waals surface area contributed by atoms with Gasteiger partial charge in [-0.05, 0) is 65.7 Å². The minimum Gasteiger partial charge on any atom is -0.423 e. The van der Waals surface area contributed by atoms with Gasteiger partial charge in [0.1, 0.15) is 5.75 Å². The number of allylic oxidation sites excluding steroid dienone is 1. The molecule has 0 saturated heterocycles. The van der Waals surface area contributed by atoms with Crippen molar-refractivity contribution in [1.82, 2.24) is 0 Å². The van der Waals surface area contributed by atoms with Crippen LogP contribution in [0.2, 0.25) is 5.02 Å². The Hall–Kier alpha value is -3.56. The molecule has 7 heteroatoms. The molecule has 3 nitrogen and oxygen atoms in total. The molecule has 0 aliphatic heterocycles. The van der Waals surface area contributed by atoms with E-state index in [1.54, 1.807) is 48.5 Å². The van der Waals surface area contributed by atoms with E-state index in [-0.39, 0.29) is 11.3 Å². The van der Waals surface area contributed by atoms with E-state index in [9.17, 15) is 23.2 Å². The van der Waals surface area contributed by atoms with Crippen LogP contribution in [0.5, 0.6) is 5.75 Å². The number of benzene rings is 3. The number of hydrogen-bond acceptors (Lipinski definition) is 3. The van der Waals surface area contributed by atoms with Gasteiger partial charge in [-0.1, -0.05) is 35.9 Å². The molecule has 0 spiro atoms. The van der Waals surface area contributed by atoms with Crippen LogP contribution in [0.1, 0.15) is 27.0 Å². The summed E-state index contributed by atoms with van der Waals surface area (Å²) < 4.78 is 43.2. The molecule has 0 bridgehead atoms. The number of rotatable bonds is 4. The Bertz CT molecular complexity index is 1150. The van der Waals surface area contributed by atoms with Crippen LogP contribution in [-0.4, -0.2) is 5.97 Å². The second-order valence-corrected chi connectivity index (χ2v) is 6.65. The summed E-state index contributed by atoms with van der Waals surface area (Å²) in [6, 6.07) is 19.1. The van der Waals surface area contributed by atoms with Crippen LogP contribution >= 0.6 is 11.6 Å². The third-order valence-corrected chi connectivity index (χ3v) is 4.32. The summed E-state index contributed by atoms with van der Waals surface area (Å²) in [5, 5.41) is 9.94. The summed E-state index contributed by atoms with van der Waals surface area (Å²) in [6.45, 7) is 0.